The van der Waals surface area contributed by atoms with Gasteiger partial charge in [-0.05, 0) is 12.1 Å². The summed E-state index contributed by atoms with van der Waals surface area (Å²) in [6.45, 7) is -2.63. The molecule has 0 bridgehead atoms. The van der Waals surface area contributed by atoms with Gasteiger partial charge >= 0.3 is 6.55 Å². The summed E-state index contributed by atoms with van der Waals surface area (Å²) in [4.78, 5) is 3.88. The molecule has 0 fully saturated rings. The quantitative estimate of drug-likeness (QED) is 0.573. The fourth-order valence-corrected chi connectivity index (χ4v) is 2.52. The van der Waals surface area contributed by atoms with E-state index in [0.29, 0.717) is 16.7 Å². The molecule has 0 unspecified atom stereocenters. The van der Waals surface area contributed by atoms with Gasteiger partial charge in [-0.1, -0.05) is 11.8 Å². The van der Waals surface area contributed by atoms with Crippen molar-refractivity contribution in [2.45, 2.75) is 17.5 Å². The number of rotatable bonds is 5. The first kappa shape index (κ1) is 13.6. The highest BCUT2D eigenvalue weighted by atomic mass is 32.2. The van der Waals surface area contributed by atoms with Crippen LogP contribution in [0.2, 0.25) is 0 Å². The predicted molar refractivity (Wildman–Crippen MR) is 70.9 cm³/mol. The highest BCUT2D eigenvalue weighted by Gasteiger charge is 2.16. The first-order chi connectivity index (χ1) is 10.2. The van der Waals surface area contributed by atoms with Crippen molar-refractivity contribution in [1.82, 2.24) is 24.4 Å². The second kappa shape index (κ2) is 5.56. The Labute approximate surface area is 121 Å². The topological polar surface area (TPSA) is 87.7 Å². The number of aromatic nitrogens is 5. The summed E-state index contributed by atoms with van der Waals surface area (Å²) >= 11 is 1.16. The largest absolute Gasteiger partial charge is 0.461 e. The average molecular weight is 312 g/mol. The van der Waals surface area contributed by atoms with Crippen LogP contribution in [0.15, 0.2) is 40.4 Å². The third kappa shape index (κ3) is 2.61. The summed E-state index contributed by atoms with van der Waals surface area (Å²) in [5.74, 6) is 7.14. The van der Waals surface area contributed by atoms with Gasteiger partial charge in [0.05, 0.1) is 12.0 Å². The van der Waals surface area contributed by atoms with E-state index in [9.17, 15) is 8.78 Å². The summed E-state index contributed by atoms with van der Waals surface area (Å²) in [5, 5.41) is 8.21. The Morgan fingerprint density at radius 2 is 2.24 bits per heavy atom. The van der Waals surface area contributed by atoms with Gasteiger partial charge < -0.3 is 10.3 Å². The summed E-state index contributed by atoms with van der Waals surface area (Å²) in [6.07, 6.45) is 4.04. The minimum atomic E-state index is -2.63. The molecule has 3 heterocycles. The summed E-state index contributed by atoms with van der Waals surface area (Å²) in [6, 6.07) is 3.40. The SMILES string of the molecule is Nn1c(SCc2nccn2C(F)F)nnc1-c1ccco1. The number of thioether (sulfide) groups is 1. The van der Waals surface area contributed by atoms with Crippen molar-refractivity contribution in [2.24, 2.45) is 0 Å². The second-order valence-corrected chi connectivity index (χ2v) is 4.91. The van der Waals surface area contributed by atoms with Crippen molar-refractivity contribution in [3.05, 3.63) is 36.6 Å². The van der Waals surface area contributed by atoms with Gasteiger partial charge in [-0.25, -0.2) is 9.66 Å². The second-order valence-electron chi connectivity index (χ2n) is 3.97. The first-order valence-electron chi connectivity index (χ1n) is 5.84. The Hall–Kier alpha value is -2.36. The zero-order valence-corrected chi connectivity index (χ0v) is 11.4. The normalized spacial score (nSPS) is 11.4. The van der Waals surface area contributed by atoms with Crippen LogP contribution in [-0.4, -0.2) is 24.4 Å². The number of nitrogen functional groups attached to an aromatic ring is 1. The Kier molecular flexibility index (Phi) is 3.60. The number of imidazole rings is 1. The van der Waals surface area contributed by atoms with Gasteiger partial charge in [-0.3, -0.25) is 4.57 Å². The maximum Gasteiger partial charge on any atom is 0.319 e. The van der Waals surface area contributed by atoms with Crippen LogP contribution in [0, 0.1) is 0 Å². The number of hydrogen-bond acceptors (Lipinski definition) is 6. The number of alkyl halides is 2. The summed E-state index contributed by atoms with van der Waals surface area (Å²) < 4.78 is 32.6. The van der Waals surface area contributed by atoms with Crippen molar-refractivity contribution in [3.8, 4) is 11.6 Å². The molecule has 0 radical (unpaired) electrons. The molecule has 0 aliphatic heterocycles. The number of hydrogen-bond donors (Lipinski definition) is 1. The summed E-state index contributed by atoms with van der Waals surface area (Å²) in [7, 11) is 0. The Morgan fingerprint density at radius 3 is 2.95 bits per heavy atom. The molecule has 0 aliphatic carbocycles. The smallest absolute Gasteiger partial charge is 0.319 e. The molecule has 0 atom stereocenters. The van der Waals surface area contributed by atoms with E-state index in [0.717, 1.165) is 16.3 Å². The zero-order valence-electron chi connectivity index (χ0n) is 10.6. The molecule has 7 nitrogen and oxygen atoms in total. The molecule has 0 aromatic carbocycles. The van der Waals surface area contributed by atoms with Gasteiger partial charge in [0, 0.05) is 12.4 Å². The first-order valence-corrected chi connectivity index (χ1v) is 6.82. The van der Waals surface area contributed by atoms with E-state index >= 15 is 0 Å². The minimum Gasteiger partial charge on any atom is -0.461 e. The lowest BCUT2D eigenvalue weighted by atomic mass is 10.4. The van der Waals surface area contributed by atoms with Crippen molar-refractivity contribution >= 4 is 11.8 Å². The number of furan rings is 1. The molecule has 0 aliphatic rings. The Balaban J connectivity index is 1.76. The van der Waals surface area contributed by atoms with Crippen molar-refractivity contribution in [2.75, 3.05) is 5.84 Å². The lowest BCUT2D eigenvalue weighted by Crippen LogP contribution is -2.11. The van der Waals surface area contributed by atoms with E-state index in [1.165, 1.54) is 23.3 Å². The number of halogens is 2. The standard InChI is InChI=1S/C11H10F2N6OS/c12-10(13)18-4-3-15-8(18)6-21-11-17-16-9(19(11)14)7-2-1-5-20-7/h1-5,10H,6,14H2. The molecule has 0 spiro atoms. The molecule has 3 rings (SSSR count). The van der Waals surface area contributed by atoms with Crippen molar-refractivity contribution in [3.63, 3.8) is 0 Å². The van der Waals surface area contributed by atoms with Crippen LogP contribution >= 0.6 is 11.8 Å². The fourth-order valence-electron chi connectivity index (χ4n) is 1.71. The van der Waals surface area contributed by atoms with Crippen LogP contribution in [0.4, 0.5) is 8.78 Å². The van der Waals surface area contributed by atoms with Crippen LogP contribution in [0.25, 0.3) is 11.6 Å². The van der Waals surface area contributed by atoms with Gasteiger partial charge in [0.25, 0.3) is 0 Å². The Bertz CT molecular complexity index is 723. The monoisotopic (exact) mass is 312 g/mol. The lowest BCUT2D eigenvalue weighted by molar-refractivity contribution is 0.0678. The minimum absolute atomic E-state index is 0.199. The summed E-state index contributed by atoms with van der Waals surface area (Å²) in [5.41, 5.74) is 0. The molecular weight excluding hydrogens is 302 g/mol. The molecule has 0 saturated carbocycles. The van der Waals surface area contributed by atoms with Crippen LogP contribution in [0.1, 0.15) is 12.4 Å². The van der Waals surface area contributed by atoms with Crippen LogP contribution in [0.5, 0.6) is 0 Å². The van der Waals surface area contributed by atoms with Crippen molar-refractivity contribution in [1.29, 1.82) is 0 Å². The molecule has 0 saturated heterocycles. The van der Waals surface area contributed by atoms with Gasteiger partial charge in [0.15, 0.2) is 5.76 Å². The van der Waals surface area contributed by atoms with E-state index < -0.39 is 6.55 Å². The number of nitrogens with two attached hydrogens (primary N) is 1. The van der Waals surface area contributed by atoms with Crippen molar-refractivity contribution < 1.29 is 13.2 Å². The predicted octanol–water partition coefficient (Wildman–Crippen LogP) is 2.14. The average Bonchev–Trinajstić information content (AvgIpc) is 3.16. The van der Waals surface area contributed by atoms with E-state index in [1.807, 2.05) is 0 Å². The molecule has 3 aromatic heterocycles. The van der Waals surface area contributed by atoms with Gasteiger partial charge in [0.1, 0.15) is 5.82 Å². The zero-order chi connectivity index (χ0) is 14.8. The molecule has 3 aromatic rings. The molecule has 0 amide bonds. The molecule has 21 heavy (non-hydrogen) atoms. The van der Waals surface area contributed by atoms with Gasteiger partial charge in [-0.15, -0.1) is 10.2 Å². The maximum absolute atomic E-state index is 12.7. The van der Waals surface area contributed by atoms with E-state index in [1.54, 1.807) is 12.1 Å². The maximum atomic E-state index is 12.7. The third-order valence-electron chi connectivity index (χ3n) is 2.70. The fraction of sp³-hybridized carbons (Fsp3) is 0.182. The Morgan fingerprint density at radius 1 is 1.38 bits per heavy atom. The highest BCUT2D eigenvalue weighted by Crippen LogP contribution is 2.25. The highest BCUT2D eigenvalue weighted by molar-refractivity contribution is 7.98. The van der Waals surface area contributed by atoms with E-state index in [-0.39, 0.29) is 11.6 Å². The molecule has 10 heteroatoms. The molecule has 110 valence electrons. The van der Waals surface area contributed by atoms with Crippen LogP contribution in [-0.2, 0) is 5.75 Å². The lowest BCUT2D eigenvalue weighted by Gasteiger charge is -2.05. The van der Waals surface area contributed by atoms with E-state index in [4.69, 9.17) is 10.3 Å². The van der Waals surface area contributed by atoms with Gasteiger partial charge in [-0.2, -0.15) is 8.78 Å². The van der Waals surface area contributed by atoms with Crippen LogP contribution in [0.3, 0.4) is 0 Å². The molecule has 2 N–H and O–H groups in total. The molecular formula is C11H10F2N6OS. The van der Waals surface area contributed by atoms with Crippen LogP contribution < -0.4 is 5.84 Å². The van der Waals surface area contributed by atoms with Gasteiger partial charge in [0.2, 0.25) is 11.0 Å². The third-order valence-corrected chi connectivity index (χ3v) is 3.63. The van der Waals surface area contributed by atoms with E-state index in [2.05, 4.69) is 15.2 Å². The number of nitrogens with zero attached hydrogens (tertiary/aromatic N) is 5.